The van der Waals surface area contributed by atoms with Crippen LogP contribution in [0.4, 0.5) is 0 Å². The molecule has 90 valence electrons. The molecule has 19 heavy (non-hydrogen) atoms. The highest BCUT2D eigenvalue weighted by atomic mass is 16.6. The molecule has 5 rings (SSSR count). The van der Waals surface area contributed by atoms with Crippen molar-refractivity contribution in [1.29, 1.82) is 0 Å². The Morgan fingerprint density at radius 2 is 1.53 bits per heavy atom. The van der Waals surface area contributed by atoms with Gasteiger partial charge in [0, 0.05) is 0 Å². The Hall–Kier alpha value is -2.12. The predicted molar refractivity (Wildman–Crippen MR) is 76.0 cm³/mol. The van der Waals surface area contributed by atoms with E-state index in [0.29, 0.717) is 0 Å². The molecule has 1 heteroatoms. The summed E-state index contributed by atoms with van der Waals surface area (Å²) in [6.07, 6.45) is 0.533. The van der Waals surface area contributed by atoms with Crippen LogP contribution in [-0.2, 0) is 4.74 Å². The first-order valence-electron chi connectivity index (χ1n) is 6.70. The van der Waals surface area contributed by atoms with Crippen LogP contribution in [0.3, 0.4) is 0 Å². The normalized spacial score (nSPS) is 22.5. The van der Waals surface area contributed by atoms with E-state index in [1.165, 1.54) is 33.0 Å². The summed E-state index contributed by atoms with van der Waals surface area (Å²) in [4.78, 5) is 0. The molecule has 2 aliphatic rings. The minimum absolute atomic E-state index is 0.260. The van der Waals surface area contributed by atoms with Crippen molar-refractivity contribution in [3.8, 4) is 11.1 Å². The second-order valence-electron chi connectivity index (χ2n) is 5.31. The number of hydrogen-bond donors (Lipinski definition) is 0. The SMILES string of the molecule is c1ccc2c(c1)-c1ccc3ccccc3c1C1OC21. The number of epoxide rings is 1. The van der Waals surface area contributed by atoms with Gasteiger partial charge in [-0.1, -0.05) is 60.7 Å². The van der Waals surface area contributed by atoms with Gasteiger partial charge in [-0.15, -0.1) is 0 Å². The summed E-state index contributed by atoms with van der Waals surface area (Å²) in [5.41, 5.74) is 5.40. The molecule has 0 bridgehead atoms. The molecule has 1 aliphatic carbocycles. The first-order chi connectivity index (χ1) is 9.43. The molecule has 0 aromatic heterocycles. The minimum atomic E-state index is 0.260. The van der Waals surface area contributed by atoms with Crippen molar-refractivity contribution in [3.05, 3.63) is 71.8 Å². The van der Waals surface area contributed by atoms with Gasteiger partial charge in [0.2, 0.25) is 0 Å². The van der Waals surface area contributed by atoms with Crippen molar-refractivity contribution >= 4 is 10.8 Å². The van der Waals surface area contributed by atoms with Crippen LogP contribution in [0.5, 0.6) is 0 Å². The van der Waals surface area contributed by atoms with Crippen LogP contribution < -0.4 is 0 Å². The molecule has 2 atom stereocenters. The van der Waals surface area contributed by atoms with Gasteiger partial charge in [0.05, 0.1) is 0 Å². The Kier molecular flexibility index (Phi) is 1.67. The van der Waals surface area contributed by atoms with Gasteiger partial charge in [-0.25, -0.2) is 0 Å². The number of hydrogen-bond acceptors (Lipinski definition) is 1. The van der Waals surface area contributed by atoms with Crippen LogP contribution in [0.1, 0.15) is 23.3 Å². The van der Waals surface area contributed by atoms with Crippen LogP contribution in [0.25, 0.3) is 21.9 Å². The lowest BCUT2D eigenvalue weighted by Gasteiger charge is -2.18. The highest BCUT2D eigenvalue weighted by Crippen LogP contribution is 2.60. The third-order valence-corrected chi connectivity index (χ3v) is 4.30. The zero-order chi connectivity index (χ0) is 12.4. The molecule has 1 aliphatic heterocycles. The van der Waals surface area contributed by atoms with Gasteiger partial charge in [-0.3, -0.25) is 0 Å². The molecule has 3 aromatic rings. The Balaban J connectivity index is 1.94. The highest BCUT2D eigenvalue weighted by Gasteiger charge is 2.47. The zero-order valence-corrected chi connectivity index (χ0v) is 10.3. The van der Waals surface area contributed by atoms with Gasteiger partial charge in [0.15, 0.2) is 0 Å². The second kappa shape index (κ2) is 3.25. The van der Waals surface area contributed by atoms with E-state index in [2.05, 4.69) is 60.7 Å². The largest absolute Gasteiger partial charge is 0.359 e. The van der Waals surface area contributed by atoms with Crippen LogP contribution in [0, 0.1) is 0 Å². The number of benzene rings is 3. The Morgan fingerprint density at radius 3 is 2.53 bits per heavy atom. The van der Waals surface area contributed by atoms with E-state index in [1.54, 1.807) is 0 Å². The second-order valence-corrected chi connectivity index (χ2v) is 5.31. The molecular formula is C18H12O. The fraction of sp³-hybridized carbons (Fsp3) is 0.111. The van der Waals surface area contributed by atoms with Gasteiger partial charge in [0.1, 0.15) is 12.2 Å². The van der Waals surface area contributed by atoms with Gasteiger partial charge < -0.3 is 4.74 Å². The third-order valence-electron chi connectivity index (χ3n) is 4.30. The maximum atomic E-state index is 5.94. The highest BCUT2D eigenvalue weighted by molar-refractivity contribution is 5.94. The Labute approximate surface area is 111 Å². The van der Waals surface area contributed by atoms with E-state index < -0.39 is 0 Å². The fourth-order valence-electron chi connectivity index (χ4n) is 3.40. The van der Waals surface area contributed by atoms with Crippen molar-refractivity contribution in [3.63, 3.8) is 0 Å². The lowest BCUT2D eigenvalue weighted by molar-refractivity contribution is 0.381. The molecule has 0 radical (unpaired) electrons. The topological polar surface area (TPSA) is 12.5 Å². The van der Waals surface area contributed by atoms with E-state index in [0.717, 1.165) is 0 Å². The standard InChI is InChI=1S/C18H12O/c1-2-6-12-11(5-1)9-10-14-13-7-3-4-8-15(13)17-18(19-17)16(12)14/h1-10,17-18H. The molecule has 0 saturated carbocycles. The Bertz CT molecular complexity index is 819. The van der Waals surface area contributed by atoms with E-state index in [1.807, 2.05) is 0 Å². The summed E-state index contributed by atoms with van der Waals surface area (Å²) in [5, 5.41) is 2.64. The van der Waals surface area contributed by atoms with E-state index in [-0.39, 0.29) is 12.2 Å². The van der Waals surface area contributed by atoms with E-state index in [4.69, 9.17) is 4.74 Å². The lowest BCUT2D eigenvalue weighted by Crippen LogP contribution is -1.99. The third kappa shape index (κ3) is 1.18. The van der Waals surface area contributed by atoms with Crippen LogP contribution >= 0.6 is 0 Å². The zero-order valence-electron chi connectivity index (χ0n) is 10.3. The van der Waals surface area contributed by atoms with Crippen molar-refractivity contribution in [2.24, 2.45) is 0 Å². The van der Waals surface area contributed by atoms with E-state index >= 15 is 0 Å². The smallest absolute Gasteiger partial charge is 0.115 e. The average Bonchev–Trinajstić information content (AvgIpc) is 3.27. The van der Waals surface area contributed by atoms with Gasteiger partial charge in [-0.05, 0) is 33.0 Å². The first kappa shape index (κ1) is 9.76. The molecule has 0 amide bonds. The van der Waals surface area contributed by atoms with Crippen LogP contribution in [-0.4, -0.2) is 0 Å². The summed E-state index contributed by atoms with van der Waals surface area (Å²) >= 11 is 0. The molecule has 2 unspecified atom stereocenters. The van der Waals surface area contributed by atoms with Crippen molar-refractivity contribution in [2.75, 3.05) is 0 Å². The van der Waals surface area contributed by atoms with Crippen molar-refractivity contribution < 1.29 is 4.74 Å². The molecule has 0 spiro atoms. The molecular weight excluding hydrogens is 232 g/mol. The fourth-order valence-corrected chi connectivity index (χ4v) is 3.40. The summed E-state index contributed by atoms with van der Waals surface area (Å²) < 4.78 is 5.94. The average molecular weight is 244 g/mol. The molecule has 1 nitrogen and oxygen atoms in total. The summed E-state index contributed by atoms with van der Waals surface area (Å²) in [6, 6.07) is 21.7. The number of fused-ring (bicyclic) bond motifs is 8. The summed E-state index contributed by atoms with van der Waals surface area (Å²) in [6.45, 7) is 0. The first-order valence-corrected chi connectivity index (χ1v) is 6.70. The molecule has 1 saturated heterocycles. The maximum absolute atomic E-state index is 5.94. The lowest BCUT2D eigenvalue weighted by atomic mass is 9.83. The maximum Gasteiger partial charge on any atom is 0.115 e. The van der Waals surface area contributed by atoms with Crippen LogP contribution in [0.2, 0.25) is 0 Å². The van der Waals surface area contributed by atoms with Crippen molar-refractivity contribution in [1.82, 2.24) is 0 Å². The Morgan fingerprint density at radius 1 is 0.684 bits per heavy atom. The van der Waals surface area contributed by atoms with Crippen molar-refractivity contribution in [2.45, 2.75) is 12.2 Å². The monoisotopic (exact) mass is 244 g/mol. The van der Waals surface area contributed by atoms with E-state index in [9.17, 15) is 0 Å². The number of rotatable bonds is 0. The molecule has 3 aromatic carbocycles. The summed E-state index contributed by atoms with van der Waals surface area (Å²) in [7, 11) is 0. The minimum Gasteiger partial charge on any atom is -0.359 e. The predicted octanol–water partition coefficient (Wildman–Crippen LogP) is 4.63. The van der Waals surface area contributed by atoms with Gasteiger partial charge in [0.25, 0.3) is 0 Å². The van der Waals surface area contributed by atoms with Crippen LogP contribution in [0.15, 0.2) is 60.7 Å². The molecule has 0 N–H and O–H groups in total. The van der Waals surface area contributed by atoms with Gasteiger partial charge in [-0.2, -0.15) is 0 Å². The van der Waals surface area contributed by atoms with Gasteiger partial charge >= 0.3 is 0 Å². The molecule has 1 fully saturated rings. The molecule has 1 heterocycles. The quantitative estimate of drug-likeness (QED) is 0.525. The number of ether oxygens (including phenoxy) is 1. The summed E-state index contributed by atoms with van der Waals surface area (Å²) in [5.74, 6) is 0.